The van der Waals surface area contributed by atoms with Crippen LogP contribution in [0.5, 0.6) is 0 Å². The van der Waals surface area contributed by atoms with Crippen molar-refractivity contribution >= 4 is 33.2 Å². The highest BCUT2D eigenvalue weighted by Crippen LogP contribution is 2.27. The molecule has 1 aliphatic heterocycles. The maximum absolute atomic E-state index is 13.9. The summed E-state index contributed by atoms with van der Waals surface area (Å²) in [6.45, 7) is 4.02. The Morgan fingerprint density at radius 1 is 0.941 bits per heavy atom. The Morgan fingerprint density at radius 3 is 2.44 bits per heavy atom. The standard InChI is InChI=1S/C27H27N5O2/c1-2-22-30-25-23(27(33)31(22)15-14-18-9-4-3-5-10-18)24-26(32(25)17-19-11-8-16-34-19)29-21-13-7-6-12-20(21)28-24/h3-7,9-10,12-13,19H,2,8,11,14-17H2,1H3/t19-/m1/s1. The van der Waals surface area contributed by atoms with Gasteiger partial charge in [0.05, 0.1) is 23.7 Å². The molecule has 3 aromatic heterocycles. The molecule has 4 heterocycles. The Hall–Kier alpha value is -3.58. The zero-order valence-electron chi connectivity index (χ0n) is 19.3. The SMILES string of the molecule is CCc1nc2c(c(=O)n1CCc1ccccc1)c1nc3ccccc3nc1n2C[C@H]1CCCO1. The van der Waals surface area contributed by atoms with Gasteiger partial charge in [0.1, 0.15) is 16.7 Å². The first-order valence-electron chi connectivity index (χ1n) is 12.1. The van der Waals surface area contributed by atoms with Gasteiger partial charge in [-0.25, -0.2) is 15.0 Å². The predicted molar refractivity (Wildman–Crippen MR) is 133 cm³/mol. The van der Waals surface area contributed by atoms with Crippen LogP contribution in [0.15, 0.2) is 59.4 Å². The lowest BCUT2D eigenvalue weighted by Gasteiger charge is -2.14. The van der Waals surface area contributed by atoms with E-state index in [1.807, 2.05) is 54.0 Å². The van der Waals surface area contributed by atoms with Gasteiger partial charge >= 0.3 is 0 Å². The third-order valence-corrected chi connectivity index (χ3v) is 6.72. The maximum atomic E-state index is 13.9. The van der Waals surface area contributed by atoms with E-state index in [0.29, 0.717) is 41.7 Å². The van der Waals surface area contributed by atoms with E-state index >= 15 is 0 Å². The van der Waals surface area contributed by atoms with E-state index in [-0.39, 0.29) is 11.7 Å². The van der Waals surface area contributed by atoms with Crippen molar-refractivity contribution < 1.29 is 4.74 Å². The monoisotopic (exact) mass is 453 g/mol. The first-order valence-corrected chi connectivity index (χ1v) is 12.1. The Balaban J connectivity index is 1.58. The van der Waals surface area contributed by atoms with E-state index in [0.717, 1.165) is 42.7 Å². The Labute approximate surface area is 197 Å². The maximum Gasteiger partial charge on any atom is 0.265 e. The minimum atomic E-state index is -0.0431. The van der Waals surface area contributed by atoms with Crippen molar-refractivity contribution in [1.29, 1.82) is 0 Å². The molecule has 7 heteroatoms. The number of fused-ring (bicyclic) bond motifs is 4. The quantitative estimate of drug-likeness (QED) is 0.384. The molecular formula is C27H27N5O2. The average molecular weight is 454 g/mol. The molecule has 0 amide bonds. The molecular weight excluding hydrogens is 426 g/mol. The third-order valence-electron chi connectivity index (χ3n) is 6.72. The number of benzene rings is 2. The molecule has 2 aromatic carbocycles. The van der Waals surface area contributed by atoms with Crippen molar-refractivity contribution in [3.63, 3.8) is 0 Å². The molecule has 1 aliphatic rings. The number of hydrogen-bond acceptors (Lipinski definition) is 5. The molecule has 0 radical (unpaired) electrons. The molecule has 1 fully saturated rings. The molecule has 0 N–H and O–H groups in total. The lowest BCUT2D eigenvalue weighted by atomic mass is 10.1. The second kappa shape index (κ2) is 8.65. The number of ether oxygens (including phenoxy) is 1. The molecule has 172 valence electrons. The van der Waals surface area contributed by atoms with Gasteiger partial charge in [0.15, 0.2) is 11.3 Å². The molecule has 5 aromatic rings. The molecule has 1 saturated heterocycles. The molecule has 0 saturated carbocycles. The minimum absolute atomic E-state index is 0.0431. The Bertz CT molecular complexity index is 1550. The Kier molecular flexibility index (Phi) is 5.34. The molecule has 0 unspecified atom stereocenters. The van der Waals surface area contributed by atoms with Crippen molar-refractivity contribution in [2.45, 2.75) is 51.8 Å². The van der Waals surface area contributed by atoms with Crippen LogP contribution in [0.4, 0.5) is 0 Å². The van der Waals surface area contributed by atoms with Crippen LogP contribution in [0.3, 0.4) is 0 Å². The average Bonchev–Trinajstić information content (AvgIpc) is 3.49. The first kappa shape index (κ1) is 21.0. The number of hydrogen-bond donors (Lipinski definition) is 0. The van der Waals surface area contributed by atoms with Crippen LogP contribution in [-0.4, -0.2) is 36.8 Å². The van der Waals surface area contributed by atoms with E-state index < -0.39 is 0 Å². The van der Waals surface area contributed by atoms with Crippen molar-refractivity contribution in [1.82, 2.24) is 24.1 Å². The zero-order chi connectivity index (χ0) is 23.1. The fourth-order valence-electron chi connectivity index (χ4n) is 4.99. The van der Waals surface area contributed by atoms with Crippen LogP contribution in [0.25, 0.3) is 33.2 Å². The van der Waals surface area contributed by atoms with Gasteiger partial charge in [-0.2, -0.15) is 0 Å². The smallest absolute Gasteiger partial charge is 0.265 e. The summed E-state index contributed by atoms with van der Waals surface area (Å²) >= 11 is 0. The fraction of sp³-hybridized carbons (Fsp3) is 0.333. The summed E-state index contributed by atoms with van der Waals surface area (Å²) in [5, 5.41) is 0.552. The third kappa shape index (κ3) is 3.56. The van der Waals surface area contributed by atoms with E-state index in [1.165, 1.54) is 5.56 Å². The van der Waals surface area contributed by atoms with Crippen LogP contribution >= 0.6 is 0 Å². The van der Waals surface area contributed by atoms with Crippen molar-refractivity contribution in [2.24, 2.45) is 0 Å². The minimum Gasteiger partial charge on any atom is -0.376 e. The summed E-state index contributed by atoms with van der Waals surface area (Å²) in [5.74, 6) is 0.786. The lowest BCUT2D eigenvalue weighted by molar-refractivity contribution is 0.0986. The van der Waals surface area contributed by atoms with Gasteiger partial charge in [-0.15, -0.1) is 0 Å². The summed E-state index contributed by atoms with van der Waals surface area (Å²) in [6.07, 6.45) is 3.58. The normalized spacial score (nSPS) is 16.2. The van der Waals surface area contributed by atoms with Gasteiger partial charge in [-0.05, 0) is 37.0 Å². The summed E-state index contributed by atoms with van der Waals surface area (Å²) < 4.78 is 9.81. The summed E-state index contributed by atoms with van der Waals surface area (Å²) in [4.78, 5) is 28.8. The van der Waals surface area contributed by atoms with Gasteiger partial charge in [-0.3, -0.25) is 9.36 Å². The van der Waals surface area contributed by atoms with Crippen LogP contribution in [0, 0.1) is 0 Å². The molecule has 0 aliphatic carbocycles. The van der Waals surface area contributed by atoms with E-state index in [1.54, 1.807) is 0 Å². The lowest BCUT2D eigenvalue weighted by Crippen LogP contribution is -2.26. The van der Waals surface area contributed by atoms with Gasteiger partial charge in [-0.1, -0.05) is 49.4 Å². The summed E-state index contributed by atoms with van der Waals surface area (Å²) in [7, 11) is 0. The predicted octanol–water partition coefficient (Wildman–Crippen LogP) is 4.28. The first-order chi connectivity index (χ1) is 16.7. The number of rotatable bonds is 6. The molecule has 7 nitrogen and oxygen atoms in total. The number of aryl methyl sites for hydroxylation is 2. The van der Waals surface area contributed by atoms with E-state index in [9.17, 15) is 4.79 Å². The second-order valence-corrected chi connectivity index (χ2v) is 8.90. The van der Waals surface area contributed by atoms with Crippen LogP contribution < -0.4 is 5.56 Å². The molecule has 1 atom stereocenters. The second-order valence-electron chi connectivity index (χ2n) is 8.90. The van der Waals surface area contributed by atoms with Gasteiger partial charge in [0.25, 0.3) is 5.56 Å². The molecule has 6 rings (SSSR count). The number of nitrogens with zero attached hydrogens (tertiary/aromatic N) is 5. The number of aromatic nitrogens is 5. The Morgan fingerprint density at radius 2 is 1.71 bits per heavy atom. The van der Waals surface area contributed by atoms with Gasteiger partial charge < -0.3 is 9.30 Å². The highest BCUT2D eigenvalue weighted by molar-refractivity contribution is 6.04. The van der Waals surface area contributed by atoms with Gasteiger partial charge in [0.2, 0.25) is 0 Å². The molecule has 0 spiro atoms. The van der Waals surface area contributed by atoms with E-state index in [4.69, 9.17) is 19.7 Å². The van der Waals surface area contributed by atoms with Crippen molar-refractivity contribution in [2.75, 3.05) is 6.61 Å². The molecule has 0 bridgehead atoms. The zero-order valence-corrected chi connectivity index (χ0v) is 19.3. The topological polar surface area (TPSA) is 74.8 Å². The molecule has 34 heavy (non-hydrogen) atoms. The van der Waals surface area contributed by atoms with Gasteiger partial charge in [0, 0.05) is 19.6 Å². The highest BCUT2D eigenvalue weighted by atomic mass is 16.5. The van der Waals surface area contributed by atoms with Crippen LogP contribution in [-0.2, 0) is 30.7 Å². The van der Waals surface area contributed by atoms with Crippen molar-refractivity contribution in [3.05, 3.63) is 76.3 Å². The van der Waals surface area contributed by atoms with Crippen LogP contribution in [0.2, 0.25) is 0 Å². The fourth-order valence-corrected chi connectivity index (χ4v) is 4.99. The summed E-state index contributed by atoms with van der Waals surface area (Å²) in [5.41, 5.74) is 4.74. The van der Waals surface area contributed by atoms with E-state index in [2.05, 4.69) is 16.7 Å². The summed E-state index contributed by atoms with van der Waals surface area (Å²) in [6, 6.07) is 18.0. The largest absolute Gasteiger partial charge is 0.376 e. The highest BCUT2D eigenvalue weighted by Gasteiger charge is 2.25. The van der Waals surface area contributed by atoms with Crippen molar-refractivity contribution in [3.8, 4) is 0 Å². The van der Waals surface area contributed by atoms with Crippen LogP contribution in [0.1, 0.15) is 31.2 Å². The number of para-hydroxylation sites is 2.